The molecule has 0 spiro atoms. The van der Waals surface area contributed by atoms with Crippen molar-refractivity contribution in [2.45, 2.75) is 64.6 Å². The van der Waals surface area contributed by atoms with Gasteiger partial charge in [-0.05, 0) is 52.7 Å². The molecule has 1 aromatic rings. The first kappa shape index (κ1) is 24.0. The summed E-state index contributed by atoms with van der Waals surface area (Å²) in [5.41, 5.74) is -0.818. The number of hydrogen-bond acceptors (Lipinski definition) is 5. The molecule has 0 aliphatic rings. The molecule has 0 unspecified atom stereocenters. The summed E-state index contributed by atoms with van der Waals surface area (Å²) in [6.07, 6.45) is 1.38. The number of amides is 1. The van der Waals surface area contributed by atoms with Crippen LogP contribution in [0.25, 0.3) is 0 Å². The highest BCUT2D eigenvalue weighted by Crippen LogP contribution is 2.24. The van der Waals surface area contributed by atoms with Crippen LogP contribution in [0.1, 0.15) is 53.4 Å². The van der Waals surface area contributed by atoms with Gasteiger partial charge in [-0.15, -0.1) is 0 Å². The molecule has 1 radical (unpaired) electrons. The van der Waals surface area contributed by atoms with Crippen molar-refractivity contribution in [1.82, 2.24) is 5.32 Å². The van der Waals surface area contributed by atoms with E-state index in [9.17, 15) is 14.7 Å². The molecule has 0 heterocycles. The summed E-state index contributed by atoms with van der Waals surface area (Å²) in [4.78, 5) is 21.7. The van der Waals surface area contributed by atoms with E-state index in [2.05, 4.69) is 5.32 Å². The van der Waals surface area contributed by atoms with Crippen molar-refractivity contribution in [2.24, 2.45) is 0 Å². The predicted molar refractivity (Wildman–Crippen MR) is 108 cm³/mol. The molecule has 0 aliphatic heterocycles. The van der Waals surface area contributed by atoms with Crippen LogP contribution in [0.4, 0.5) is 0 Å². The van der Waals surface area contributed by atoms with Crippen LogP contribution in [0.5, 0.6) is 5.75 Å². The quantitative estimate of drug-likeness (QED) is 0.348. The lowest BCUT2D eigenvalue weighted by Crippen LogP contribution is -2.49. The molecule has 0 saturated carbocycles. The van der Waals surface area contributed by atoms with Crippen LogP contribution in [-0.2, 0) is 14.2 Å². The third-order valence-electron chi connectivity index (χ3n) is 4.57. The van der Waals surface area contributed by atoms with Gasteiger partial charge in [0.15, 0.2) is 0 Å². The van der Waals surface area contributed by atoms with E-state index in [4.69, 9.17) is 14.5 Å². The SMILES string of the molecule is CC(C)(O)C(C)(C)O[B]c1ccc(OCCCCNC(=O)CCC(=O)O)cc1. The first-order valence-corrected chi connectivity index (χ1v) is 9.46. The normalized spacial score (nSPS) is 11.8. The minimum Gasteiger partial charge on any atom is -0.494 e. The van der Waals surface area contributed by atoms with Gasteiger partial charge < -0.3 is 24.9 Å². The van der Waals surface area contributed by atoms with E-state index in [-0.39, 0.29) is 18.7 Å². The Bertz CT molecular complexity index is 625. The van der Waals surface area contributed by atoms with Crippen molar-refractivity contribution >= 4 is 24.8 Å². The zero-order chi connectivity index (χ0) is 21.2. The second-order valence-electron chi connectivity index (χ2n) is 7.67. The minimum atomic E-state index is -0.973. The summed E-state index contributed by atoms with van der Waals surface area (Å²) >= 11 is 0. The van der Waals surface area contributed by atoms with Gasteiger partial charge in [-0.3, -0.25) is 9.59 Å². The van der Waals surface area contributed by atoms with Gasteiger partial charge in [-0.1, -0.05) is 17.6 Å². The average Bonchev–Trinajstić information content (AvgIpc) is 2.61. The second kappa shape index (κ2) is 11.1. The second-order valence-corrected chi connectivity index (χ2v) is 7.67. The molecule has 28 heavy (non-hydrogen) atoms. The molecule has 7 nitrogen and oxygen atoms in total. The van der Waals surface area contributed by atoms with E-state index >= 15 is 0 Å². The van der Waals surface area contributed by atoms with Gasteiger partial charge in [0, 0.05) is 13.0 Å². The van der Waals surface area contributed by atoms with Gasteiger partial charge in [0.05, 0.1) is 24.2 Å². The van der Waals surface area contributed by atoms with E-state index in [1.165, 1.54) is 0 Å². The lowest BCUT2D eigenvalue weighted by atomic mass is 9.82. The third kappa shape index (κ3) is 9.24. The number of ether oxygens (including phenoxy) is 1. The van der Waals surface area contributed by atoms with Gasteiger partial charge in [0.1, 0.15) is 5.75 Å². The Balaban J connectivity index is 2.22. The van der Waals surface area contributed by atoms with Gasteiger partial charge in [0.25, 0.3) is 0 Å². The Labute approximate surface area is 167 Å². The number of benzene rings is 1. The third-order valence-corrected chi connectivity index (χ3v) is 4.57. The predicted octanol–water partition coefficient (Wildman–Crippen LogP) is 1.64. The molecule has 1 aromatic carbocycles. The van der Waals surface area contributed by atoms with E-state index in [1.54, 1.807) is 21.3 Å². The maximum Gasteiger partial charge on any atom is 0.330 e. The van der Waals surface area contributed by atoms with Crippen LogP contribution in [0.2, 0.25) is 0 Å². The standard InChI is InChI=1S/C20H31BNO6/c1-19(2,26)20(3,4)28-21-15-7-9-16(10-8-15)27-14-6-5-13-22-17(23)11-12-18(24)25/h7-10,26H,5-6,11-14H2,1-4H3,(H,22,23)(H,24,25). The fourth-order valence-corrected chi connectivity index (χ4v) is 1.96. The van der Waals surface area contributed by atoms with Gasteiger partial charge in [-0.25, -0.2) is 0 Å². The molecule has 3 N–H and O–H groups in total. The number of aliphatic carboxylic acids is 1. The van der Waals surface area contributed by atoms with Crippen LogP contribution in [0, 0.1) is 0 Å². The first-order valence-electron chi connectivity index (χ1n) is 9.46. The average molecular weight is 392 g/mol. The summed E-state index contributed by atoms with van der Waals surface area (Å²) in [6, 6.07) is 7.44. The number of hydrogen-bond donors (Lipinski definition) is 3. The maximum atomic E-state index is 11.4. The highest BCUT2D eigenvalue weighted by molar-refractivity contribution is 6.47. The molecule has 0 fully saturated rings. The minimum absolute atomic E-state index is 0.00585. The molecule has 8 heteroatoms. The number of unbranched alkanes of at least 4 members (excludes halogenated alkanes) is 1. The highest BCUT2D eigenvalue weighted by atomic mass is 16.5. The molecule has 0 aliphatic carbocycles. The summed E-state index contributed by atoms with van der Waals surface area (Å²) in [5, 5.41) is 21.3. The van der Waals surface area contributed by atoms with Crippen LogP contribution in [0.15, 0.2) is 24.3 Å². The van der Waals surface area contributed by atoms with Gasteiger partial charge >= 0.3 is 13.5 Å². The molecule has 0 aromatic heterocycles. The van der Waals surface area contributed by atoms with Crippen LogP contribution in [0.3, 0.4) is 0 Å². The van der Waals surface area contributed by atoms with Crippen molar-refractivity contribution in [2.75, 3.05) is 13.2 Å². The Morgan fingerprint density at radius 3 is 2.29 bits per heavy atom. The topological polar surface area (TPSA) is 105 Å². The van der Waals surface area contributed by atoms with Crippen molar-refractivity contribution in [3.63, 3.8) is 0 Å². The number of carbonyl (C=O) groups is 2. The van der Waals surface area contributed by atoms with Gasteiger partial charge in [-0.2, -0.15) is 0 Å². The van der Waals surface area contributed by atoms with E-state index in [1.807, 2.05) is 38.1 Å². The lowest BCUT2D eigenvalue weighted by molar-refractivity contribution is -0.138. The van der Waals surface area contributed by atoms with Crippen molar-refractivity contribution in [3.05, 3.63) is 24.3 Å². The molecule has 1 amide bonds. The van der Waals surface area contributed by atoms with Crippen LogP contribution in [-0.4, -0.2) is 53.9 Å². The maximum absolute atomic E-state index is 11.4. The number of carbonyl (C=O) groups excluding carboxylic acids is 1. The Hall–Kier alpha value is -2.06. The summed E-state index contributed by atoms with van der Waals surface area (Å²) in [5.74, 6) is -0.478. The number of carboxylic acids is 1. The largest absolute Gasteiger partial charge is 0.494 e. The number of carboxylic acid groups (broad SMARTS) is 1. The zero-order valence-corrected chi connectivity index (χ0v) is 17.2. The van der Waals surface area contributed by atoms with Crippen molar-refractivity contribution in [3.8, 4) is 5.75 Å². The smallest absolute Gasteiger partial charge is 0.330 e. The van der Waals surface area contributed by atoms with Gasteiger partial charge in [0.2, 0.25) is 5.91 Å². The zero-order valence-electron chi connectivity index (χ0n) is 17.2. The van der Waals surface area contributed by atoms with E-state index in [0.29, 0.717) is 13.2 Å². The number of rotatable bonds is 13. The van der Waals surface area contributed by atoms with Crippen LogP contribution >= 0.6 is 0 Å². The lowest BCUT2D eigenvalue weighted by Gasteiger charge is -2.37. The molecule has 155 valence electrons. The summed E-state index contributed by atoms with van der Waals surface area (Å²) in [7, 11) is 1.62. The van der Waals surface area contributed by atoms with Crippen molar-refractivity contribution in [1.29, 1.82) is 0 Å². The van der Waals surface area contributed by atoms with E-state index in [0.717, 1.165) is 24.1 Å². The highest BCUT2D eigenvalue weighted by Gasteiger charge is 2.35. The number of aliphatic hydroxyl groups is 1. The number of nitrogens with one attached hydrogen (secondary N) is 1. The molecule has 0 saturated heterocycles. The summed E-state index contributed by atoms with van der Waals surface area (Å²) < 4.78 is 11.4. The molecule has 1 rings (SSSR count). The molecule has 0 bridgehead atoms. The fraction of sp³-hybridized carbons (Fsp3) is 0.600. The molecular formula is C20H31BNO6. The summed E-state index contributed by atoms with van der Waals surface area (Å²) in [6.45, 7) is 8.10. The Morgan fingerprint density at radius 2 is 1.71 bits per heavy atom. The fourth-order valence-electron chi connectivity index (χ4n) is 1.96. The Kier molecular flexibility index (Phi) is 9.48. The Morgan fingerprint density at radius 1 is 1.07 bits per heavy atom. The molecule has 0 atom stereocenters. The molecular weight excluding hydrogens is 361 g/mol. The first-order chi connectivity index (χ1) is 13.0. The van der Waals surface area contributed by atoms with E-state index < -0.39 is 17.2 Å². The van der Waals surface area contributed by atoms with Crippen LogP contribution < -0.4 is 15.5 Å². The van der Waals surface area contributed by atoms with Crippen molar-refractivity contribution < 1.29 is 29.2 Å². The monoisotopic (exact) mass is 392 g/mol.